The highest BCUT2D eigenvalue weighted by Gasteiger charge is 2.51. The molecule has 12 aromatic rings. The number of thiophene rings is 1. The van der Waals surface area contributed by atoms with E-state index in [0.717, 1.165) is 17.1 Å². The van der Waals surface area contributed by atoms with E-state index in [9.17, 15) is 0 Å². The monoisotopic (exact) mass is 867 g/mol. The molecule has 2 heteroatoms. The normalized spacial score (nSPS) is 12.9. The van der Waals surface area contributed by atoms with Crippen LogP contribution in [0.5, 0.6) is 0 Å². The molecule has 67 heavy (non-hydrogen) atoms. The molecule has 0 bridgehead atoms. The first-order valence-corrected chi connectivity index (χ1v) is 24.0. The van der Waals surface area contributed by atoms with Crippen LogP contribution < -0.4 is 4.90 Å². The highest BCUT2D eigenvalue weighted by molar-refractivity contribution is 7.26. The second-order valence-electron chi connectivity index (χ2n) is 18.0. The fraction of sp³-hybridized carbons (Fsp3) is 0.0154. The van der Waals surface area contributed by atoms with Gasteiger partial charge in [-0.2, -0.15) is 0 Å². The smallest absolute Gasteiger partial charge is 0.0726 e. The molecule has 0 atom stereocenters. The summed E-state index contributed by atoms with van der Waals surface area (Å²) in [5.74, 6) is 0. The molecule has 1 nitrogen and oxygen atoms in total. The third kappa shape index (κ3) is 5.73. The summed E-state index contributed by atoms with van der Waals surface area (Å²) in [5.41, 5.74) is 20.6. The molecule has 1 spiro atoms. The number of hydrogen-bond donors (Lipinski definition) is 0. The van der Waals surface area contributed by atoms with Gasteiger partial charge in [0.15, 0.2) is 0 Å². The Morgan fingerprint density at radius 2 is 0.776 bits per heavy atom. The molecule has 0 radical (unpaired) electrons. The molecule has 0 saturated carbocycles. The molecule has 0 N–H and O–H groups in total. The number of nitrogens with zero attached hydrogens (tertiary/aromatic N) is 1. The van der Waals surface area contributed by atoms with Gasteiger partial charge in [0.1, 0.15) is 0 Å². The summed E-state index contributed by atoms with van der Waals surface area (Å²) in [6.07, 6.45) is 0. The van der Waals surface area contributed by atoms with Gasteiger partial charge >= 0.3 is 0 Å². The minimum absolute atomic E-state index is 0.451. The Bertz CT molecular complexity index is 3900. The Kier molecular flexibility index (Phi) is 8.44. The number of fused-ring (bicyclic) bond motifs is 14. The predicted octanol–water partition coefficient (Wildman–Crippen LogP) is 18.0. The van der Waals surface area contributed by atoms with Crippen LogP contribution in [0.2, 0.25) is 0 Å². The van der Waals surface area contributed by atoms with Gasteiger partial charge in [-0.25, -0.2) is 0 Å². The van der Waals surface area contributed by atoms with Crippen molar-refractivity contribution >= 4 is 59.3 Å². The number of hydrogen-bond acceptors (Lipinski definition) is 2. The van der Waals surface area contributed by atoms with Crippen molar-refractivity contribution in [3.8, 4) is 55.6 Å². The molecule has 312 valence electrons. The Morgan fingerprint density at radius 1 is 0.284 bits per heavy atom. The lowest BCUT2D eigenvalue weighted by Crippen LogP contribution is -2.26. The lowest BCUT2D eigenvalue weighted by atomic mass is 9.70. The van der Waals surface area contributed by atoms with E-state index in [0.29, 0.717) is 0 Å². The van der Waals surface area contributed by atoms with Gasteiger partial charge in [0.05, 0.1) is 5.41 Å². The highest BCUT2D eigenvalue weighted by atomic mass is 32.1. The molecule has 2 aliphatic rings. The Morgan fingerprint density at radius 3 is 1.48 bits per heavy atom. The van der Waals surface area contributed by atoms with Crippen LogP contribution in [0.15, 0.2) is 249 Å². The maximum absolute atomic E-state index is 2.50. The van der Waals surface area contributed by atoms with Crippen molar-refractivity contribution in [2.75, 3.05) is 4.90 Å². The van der Waals surface area contributed by atoms with Crippen LogP contribution in [0.4, 0.5) is 17.1 Å². The summed E-state index contributed by atoms with van der Waals surface area (Å²) in [6, 6.07) is 92.6. The zero-order valence-corrected chi connectivity index (χ0v) is 37.3. The van der Waals surface area contributed by atoms with Crippen LogP contribution in [0.1, 0.15) is 22.3 Å². The van der Waals surface area contributed by atoms with E-state index in [1.54, 1.807) is 0 Å². The molecule has 1 heterocycles. The molecule has 14 rings (SSSR count). The van der Waals surface area contributed by atoms with Gasteiger partial charge in [-0.05, 0) is 143 Å². The summed E-state index contributed by atoms with van der Waals surface area (Å²) in [6.45, 7) is 0. The molecule has 0 unspecified atom stereocenters. The van der Waals surface area contributed by atoms with E-state index in [2.05, 4.69) is 254 Å². The van der Waals surface area contributed by atoms with Gasteiger partial charge < -0.3 is 4.90 Å². The van der Waals surface area contributed by atoms with Gasteiger partial charge in [-0.15, -0.1) is 11.3 Å². The largest absolute Gasteiger partial charge is 0.310 e. The van der Waals surface area contributed by atoms with E-state index in [1.165, 1.54) is 109 Å². The number of rotatable bonds is 6. The average molecular weight is 868 g/mol. The van der Waals surface area contributed by atoms with E-state index >= 15 is 0 Å². The topological polar surface area (TPSA) is 3.24 Å². The van der Waals surface area contributed by atoms with Crippen molar-refractivity contribution in [2.45, 2.75) is 5.41 Å². The summed E-state index contributed by atoms with van der Waals surface area (Å²) < 4.78 is 2.65. The number of benzene rings is 11. The Hall–Kier alpha value is -8.30. The first-order chi connectivity index (χ1) is 33.2. The maximum atomic E-state index is 2.50. The van der Waals surface area contributed by atoms with Crippen LogP contribution in [0.3, 0.4) is 0 Å². The van der Waals surface area contributed by atoms with Crippen LogP contribution in [0.25, 0.3) is 86.6 Å². The average Bonchev–Trinajstić information content (AvgIpc) is 4.03. The van der Waals surface area contributed by atoms with Crippen LogP contribution in [0, 0.1) is 0 Å². The summed E-state index contributed by atoms with van der Waals surface area (Å²) in [5, 5.41) is 5.12. The summed E-state index contributed by atoms with van der Waals surface area (Å²) >= 11 is 1.88. The lowest BCUT2D eigenvalue weighted by molar-refractivity contribution is 0.793. The molecule has 0 fully saturated rings. The second kappa shape index (κ2) is 14.9. The van der Waals surface area contributed by atoms with Crippen molar-refractivity contribution in [3.05, 3.63) is 271 Å². The predicted molar refractivity (Wildman–Crippen MR) is 284 cm³/mol. The van der Waals surface area contributed by atoms with Crippen molar-refractivity contribution in [1.82, 2.24) is 0 Å². The summed E-state index contributed by atoms with van der Waals surface area (Å²) in [4.78, 5) is 2.47. The van der Waals surface area contributed by atoms with Gasteiger partial charge in [0.2, 0.25) is 0 Å². The zero-order valence-electron chi connectivity index (χ0n) is 36.5. The Labute approximate surface area is 394 Å². The van der Waals surface area contributed by atoms with E-state index < -0.39 is 5.41 Å². The van der Waals surface area contributed by atoms with Crippen molar-refractivity contribution in [3.63, 3.8) is 0 Å². The fourth-order valence-electron chi connectivity index (χ4n) is 11.5. The standard InChI is InChI=1S/C65H41NS/c1-2-16-43-37-47(34-33-42(43)15-1)46-19-13-22-50(40-46)66(49-21-12-18-45(39-49)44-17-11-20-48(38-44)52-27-14-28-58-57-26-6-10-32-63(57)67-64(52)58)51-35-36-56-55-25-5-9-31-61(55)65(62(56)41-51)59-29-7-3-23-53(59)54-24-4-8-30-60(54)65/h1-41H. The molecule has 0 saturated heterocycles. The van der Waals surface area contributed by atoms with Gasteiger partial charge in [-0.3, -0.25) is 0 Å². The second-order valence-corrected chi connectivity index (χ2v) is 19.0. The minimum atomic E-state index is -0.451. The molecule has 1 aromatic heterocycles. The van der Waals surface area contributed by atoms with Crippen LogP contribution >= 0.6 is 11.3 Å². The molecule has 0 aliphatic heterocycles. The number of anilines is 3. The van der Waals surface area contributed by atoms with Crippen LogP contribution in [-0.4, -0.2) is 0 Å². The van der Waals surface area contributed by atoms with Gasteiger partial charge in [0, 0.05) is 37.2 Å². The first kappa shape index (κ1) is 38.0. The van der Waals surface area contributed by atoms with Crippen LogP contribution in [-0.2, 0) is 5.41 Å². The third-order valence-corrected chi connectivity index (χ3v) is 15.7. The Balaban J connectivity index is 0.958. The van der Waals surface area contributed by atoms with E-state index in [4.69, 9.17) is 0 Å². The SMILES string of the molecule is c1cc(-c2cccc(N(c3cccc(-c4ccc5ccccc5c4)c3)c3ccc4c(c3)C3(c5ccccc5-c5ccccc53)c3ccccc3-4)c2)cc(-c2cccc3c2sc2ccccc23)c1. The van der Waals surface area contributed by atoms with E-state index in [1.807, 2.05) is 11.3 Å². The fourth-order valence-corrected chi connectivity index (χ4v) is 12.8. The van der Waals surface area contributed by atoms with E-state index in [-0.39, 0.29) is 0 Å². The van der Waals surface area contributed by atoms with Crippen molar-refractivity contribution < 1.29 is 0 Å². The highest BCUT2D eigenvalue weighted by Crippen LogP contribution is 2.63. The lowest BCUT2D eigenvalue weighted by Gasteiger charge is -2.32. The minimum Gasteiger partial charge on any atom is -0.310 e. The molecular formula is C65H41NS. The molecule has 11 aromatic carbocycles. The first-order valence-electron chi connectivity index (χ1n) is 23.2. The third-order valence-electron chi connectivity index (χ3n) is 14.4. The molecule has 0 amide bonds. The zero-order chi connectivity index (χ0) is 44.1. The van der Waals surface area contributed by atoms with Crippen molar-refractivity contribution in [2.24, 2.45) is 0 Å². The van der Waals surface area contributed by atoms with Gasteiger partial charge in [-0.1, -0.05) is 194 Å². The quantitative estimate of drug-likeness (QED) is 0.161. The van der Waals surface area contributed by atoms with Crippen molar-refractivity contribution in [1.29, 1.82) is 0 Å². The molecule has 2 aliphatic carbocycles. The molecular weight excluding hydrogens is 827 g/mol. The summed E-state index contributed by atoms with van der Waals surface area (Å²) in [7, 11) is 0. The maximum Gasteiger partial charge on any atom is 0.0726 e. The van der Waals surface area contributed by atoms with Gasteiger partial charge in [0.25, 0.3) is 0 Å².